The van der Waals surface area contributed by atoms with Gasteiger partial charge in [0.2, 0.25) is 0 Å². The number of carboxylic acids is 1. The lowest BCUT2D eigenvalue weighted by Gasteiger charge is -2.55. The molecule has 3 saturated carbocycles. The lowest BCUT2D eigenvalue weighted by atomic mass is 9.50. The zero-order valence-electron chi connectivity index (χ0n) is 17.9. The van der Waals surface area contributed by atoms with E-state index in [4.69, 9.17) is 5.11 Å². The van der Waals surface area contributed by atoms with Crippen LogP contribution >= 0.6 is 0 Å². The maximum absolute atomic E-state index is 10.9. The van der Waals surface area contributed by atoms with Gasteiger partial charge in [0, 0.05) is 6.42 Å². The summed E-state index contributed by atoms with van der Waals surface area (Å²) in [6.07, 6.45) is 12.8. The maximum Gasteiger partial charge on any atom is 0.303 e. The number of carboxylic acid groups (broad SMARTS) is 1. The SMILES string of the molecule is CCCC1/C(=C/CCC(=O)O)[C@@H]2CC[C@H](O)[C@@H](C#CC(O)CC3CCCCC3)[C@H]12. The second-order valence-electron chi connectivity index (χ2n) is 9.43. The third kappa shape index (κ3) is 5.64. The summed E-state index contributed by atoms with van der Waals surface area (Å²) in [7, 11) is 0. The number of hydrogen-bond donors (Lipinski definition) is 3. The molecular weight excluding hydrogens is 364 g/mol. The fraction of sp³-hybridized carbons (Fsp3) is 0.800. The van der Waals surface area contributed by atoms with Crippen molar-refractivity contribution in [1.82, 2.24) is 0 Å². The molecule has 0 aromatic carbocycles. The fourth-order valence-corrected chi connectivity index (χ4v) is 6.04. The molecule has 0 bridgehead atoms. The first-order valence-corrected chi connectivity index (χ1v) is 11.8. The molecule has 4 heteroatoms. The Kier molecular flexibility index (Phi) is 8.21. The van der Waals surface area contributed by atoms with Gasteiger partial charge in [0.25, 0.3) is 0 Å². The number of aliphatic hydroxyl groups is 2. The van der Waals surface area contributed by atoms with Gasteiger partial charge in [-0.15, -0.1) is 0 Å². The number of allylic oxidation sites excluding steroid dienone is 2. The highest BCUT2D eigenvalue weighted by Crippen LogP contribution is 2.57. The van der Waals surface area contributed by atoms with Crippen LogP contribution in [0.3, 0.4) is 0 Å². The Balaban J connectivity index is 1.66. The van der Waals surface area contributed by atoms with Crippen LogP contribution in [0.2, 0.25) is 0 Å². The Hall–Kier alpha value is -1.31. The van der Waals surface area contributed by atoms with Gasteiger partial charge < -0.3 is 15.3 Å². The normalized spacial score (nSPS) is 34.6. The van der Waals surface area contributed by atoms with Crippen molar-refractivity contribution in [2.45, 2.75) is 96.2 Å². The summed E-state index contributed by atoms with van der Waals surface area (Å²) in [5, 5.41) is 30.1. The Morgan fingerprint density at radius 2 is 1.97 bits per heavy atom. The molecule has 3 fully saturated rings. The second-order valence-corrected chi connectivity index (χ2v) is 9.43. The summed E-state index contributed by atoms with van der Waals surface area (Å²) in [5.41, 5.74) is 1.40. The lowest BCUT2D eigenvalue weighted by Crippen LogP contribution is -2.51. The average Bonchev–Trinajstić information content (AvgIpc) is 2.69. The van der Waals surface area contributed by atoms with E-state index >= 15 is 0 Å². The Labute approximate surface area is 175 Å². The number of aliphatic hydroxyl groups excluding tert-OH is 2. The molecule has 3 rings (SSSR count). The van der Waals surface area contributed by atoms with Crippen LogP contribution in [0.5, 0.6) is 0 Å². The van der Waals surface area contributed by atoms with Gasteiger partial charge in [-0.05, 0) is 55.8 Å². The third-order valence-corrected chi connectivity index (χ3v) is 7.42. The maximum atomic E-state index is 10.9. The van der Waals surface area contributed by atoms with E-state index in [1.807, 2.05) is 0 Å². The first kappa shape index (κ1) is 22.4. The zero-order valence-corrected chi connectivity index (χ0v) is 17.9. The number of fused-ring (bicyclic) bond motifs is 1. The minimum atomic E-state index is -0.750. The summed E-state index contributed by atoms with van der Waals surface area (Å²) < 4.78 is 0. The molecule has 0 aromatic rings. The van der Waals surface area contributed by atoms with Crippen molar-refractivity contribution in [2.24, 2.45) is 29.6 Å². The van der Waals surface area contributed by atoms with Gasteiger partial charge in [-0.2, -0.15) is 0 Å². The molecule has 4 nitrogen and oxygen atoms in total. The molecule has 0 spiro atoms. The van der Waals surface area contributed by atoms with E-state index in [1.165, 1.54) is 37.7 Å². The van der Waals surface area contributed by atoms with E-state index < -0.39 is 18.2 Å². The number of rotatable bonds is 7. The first-order chi connectivity index (χ1) is 14.0. The molecule has 0 aliphatic heterocycles. The molecule has 162 valence electrons. The first-order valence-electron chi connectivity index (χ1n) is 11.8. The van der Waals surface area contributed by atoms with E-state index in [2.05, 4.69) is 24.8 Å². The van der Waals surface area contributed by atoms with Gasteiger partial charge in [-0.1, -0.05) is 68.9 Å². The Morgan fingerprint density at radius 3 is 2.66 bits per heavy atom. The molecule has 0 amide bonds. The van der Waals surface area contributed by atoms with Gasteiger partial charge in [0.1, 0.15) is 6.10 Å². The summed E-state index contributed by atoms with van der Waals surface area (Å²) in [6.45, 7) is 2.18. The van der Waals surface area contributed by atoms with E-state index in [1.54, 1.807) is 0 Å². The van der Waals surface area contributed by atoms with Gasteiger partial charge in [0.05, 0.1) is 12.0 Å². The van der Waals surface area contributed by atoms with Gasteiger partial charge in [-0.25, -0.2) is 0 Å². The van der Waals surface area contributed by atoms with E-state index in [0.29, 0.717) is 30.1 Å². The fourth-order valence-electron chi connectivity index (χ4n) is 6.04. The van der Waals surface area contributed by atoms with Crippen LogP contribution in [0.15, 0.2) is 11.6 Å². The lowest BCUT2D eigenvalue weighted by molar-refractivity contribution is -0.136. The molecule has 0 radical (unpaired) electrons. The number of hydrogen-bond acceptors (Lipinski definition) is 3. The predicted molar refractivity (Wildman–Crippen MR) is 114 cm³/mol. The topological polar surface area (TPSA) is 77.8 Å². The molecule has 3 aliphatic rings. The highest BCUT2D eigenvalue weighted by molar-refractivity contribution is 5.66. The molecular formula is C25H38O4. The number of aliphatic carboxylic acids is 1. The second kappa shape index (κ2) is 10.6. The third-order valence-electron chi connectivity index (χ3n) is 7.42. The Morgan fingerprint density at radius 1 is 1.21 bits per heavy atom. The van der Waals surface area contributed by atoms with E-state index in [0.717, 1.165) is 32.1 Å². The smallest absolute Gasteiger partial charge is 0.303 e. The molecule has 2 unspecified atom stereocenters. The van der Waals surface area contributed by atoms with Crippen LogP contribution in [-0.4, -0.2) is 33.5 Å². The monoisotopic (exact) mass is 402 g/mol. The average molecular weight is 403 g/mol. The summed E-state index contributed by atoms with van der Waals surface area (Å²) in [6, 6.07) is 0. The molecule has 0 saturated heterocycles. The van der Waals surface area contributed by atoms with Gasteiger partial charge in [0.15, 0.2) is 0 Å². The largest absolute Gasteiger partial charge is 0.481 e. The standard InChI is InChI=1S/C25H38O4/c1-2-7-20-19(10-6-11-24(28)29)21-14-15-23(27)22(25(20)21)13-12-18(26)16-17-8-4-3-5-9-17/h10,17-18,20-23,25-27H,2-9,11,14-16H2,1H3,(H,28,29)/b19-10-/t18?,20?,21-,22+,23-,25+/m0/s1. The summed E-state index contributed by atoms with van der Waals surface area (Å²) in [5.74, 6) is 7.37. The van der Waals surface area contributed by atoms with Crippen molar-refractivity contribution in [2.75, 3.05) is 0 Å². The van der Waals surface area contributed by atoms with Crippen LogP contribution in [0, 0.1) is 41.4 Å². The van der Waals surface area contributed by atoms with Crippen LogP contribution in [0.25, 0.3) is 0 Å². The van der Waals surface area contributed by atoms with Crippen LogP contribution in [0.4, 0.5) is 0 Å². The van der Waals surface area contributed by atoms with Gasteiger partial charge >= 0.3 is 5.97 Å². The van der Waals surface area contributed by atoms with Gasteiger partial charge in [-0.3, -0.25) is 4.79 Å². The van der Waals surface area contributed by atoms with E-state index in [9.17, 15) is 15.0 Å². The van der Waals surface area contributed by atoms with Crippen molar-refractivity contribution >= 4 is 5.97 Å². The van der Waals surface area contributed by atoms with E-state index in [-0.39, 0.29) is 12.3 Å². The molecule has 0 aromatic heterocycles. The quantitative estimate of drug-likeness (QED) is 0.431. The highest BCUT2D eigenvalue weighted by atomic mass is 16.4. The van der Waals surface area contributed by atoms with Crippen molar-refractivity contribution in [3.05, 3.63) is 11.6 Å². The molecule has 3 N–H and O–H groups in total. The zero-order chi connectivity index (χ0) is 20.8. The molecule has 0 heterocycles. The molecule has 3 aliphatic carbocycles. The highest BCUT2D eigenvalue weighted by Gasteiger charge is 2.52. The van der Waals surface area contributed by atoms with Crippen LogP contribution in [0.1, 0.15) is 84.0 Å². The summed E-state index contributed by atoms with van der Waals surface area (Å²) >= 11 is 0. The minimum absolute atomic E-state index is 0.0667. The Bertz CT molecular complexity index is 637. The minimum Gasteiger partial charge on any atom is -0.481 e. The van der Waals surface area contributed by atoms with Crippen molar-refractivity contribution in [3.63, 3.8) is 0 Å². The van der Waals surface area contributed by atoms with Crippen molar-refractivity contribution in [3.8, 4) is 11.8 Å². The predicted octanol–water partition coefficient (Wildman–Crippen LogP) is 4.55. The van der Waals surface area contributed by atoms with Crippen LogP contribution in [-0.2, 0) is 4.79 Å². The number of carbonyl (C=O) groups is 1. The van der Waals surface area contributed by atoms with Crippen LogP contribution < -0.4 is 0 Å². The molecule has 29 heavy (non-hydrogen) atoms. The van der Waals surface area contributed by atoms with Crippen molar-refractivity contribution < 1.29 is 20.1 Å². The molecule has 6 atom stereocenters. The summed E-state index contributed by atoms with van der Waals surface area (Å²) in [4.78, 5) is 10.9. The van der Waals surface area contributed by atoms with Crippen molar-refractivity contribution in [1.29, 1.82) is 0 Å².